The van der Waals surface area contributed by atoms with Crippen molar-refractivity contribution in [2.24, 2.45) is 0 Å². The number of aromatic nitrogens is 2. The molecule has 1 amide bonds. The minimum absolute atomic E-state index is 0.144. The van der Waals surface area contributed by atoms with Crippen LogP contribution < -0.4 is 10.1 Å². The Balaban J connectivity index is 1.60. The first-order chi connectivity index (χ1) is 12.2. The van der Waals surface area contributed by atoms with Crippen LogP contribution in [-0.2, 0) is 4.79 Å². The Bertz CT molecular complexity index is 834. The van der Waals surface area contributed by atoms with Gasteiger partial charge in [0.05, 0.1) is 12.4 Å². The molecular weight excluding hydrogens is 338 g/mol. The van der Waals surface area contributed by atoms with Crippen molar-refractivity contribution >= 4 is 23.4 Å². The number of hydrogen-bond donors (Lipinski definition) is 1. The van der Waals surface area contributed by atoms with Crippen LogP contribution in [0.15, 0.2) is 64.2 Å². The van der Waals surface area contributed by atoms with Gasteiger partial charge in [0, 0.05) is 11.3 Å². The predicted octanol–water partition coefficient (Wildman–Crippen LogP) is 3.86. The molecule has 0 radical (unpaired) electrons. The van der Waals surface area contributed by atoms with Gasteiger partial charge in [0.1, 0.15) is 5.75 Å². The molecule has 0 fully saturated rings. The molecule has 0 bridgehead atoms. The Morgan fingerprint density at radius 3 is 2.52 bits per heavy atom. The average Bonchev–Trinajstić information content (AvgIpc) is 3.11. The van der Waals surface area contributed by atoms with Crippen LogP contribution in [-0.4, -0.2) is 28.5 Å². The molecule has 0 aliphatic heterocycles. The molecule has 0 aliphatic carbocycles. The molecule has 25 heavy (non-hydrogen) atoms. The summed E-state index contributed by atoms with van der Waals surface area (Å²) in [6.45, 7) is 1.79. The molecule has 3 rings (SSSR count). The van der Waals surface area contributed by atoms with E-state index in [0.717, 1.165) is 11.3 Å². The van der Waals surface area contributed by atoms with Crippen molar-refractivity contribution in [1.29, 1.82) is 0 Å². The van der Waals surface area contributed by atoms with Gasteiger partial charge in [-0.25, -0.2) is 0 Å². The molecule has 1 aromatic heterocycles. The number of methoxy groups -OCH3 is 1. The highest BCUT2D eigenvalue weighted by Crippen LogP contribution is 2.26. The average molecular weight is 355 g/mol. The van der Waals surface area contributed by atoms with Crippen LogP contribution in [0, 0.1) is 0 Å². The minimum Gasteiger partial charge on any atom is -0.497 e. The van der Waals surface area contributed by atoms with E-state index in [2.05, 4.69) is 15.5 Å². The van der Waals surface area contributed by atoms with Crippen molar-refractivity contribution < 1.29 is 13.9 Å². The monoisotopic (exact) mass is 355 g/mol. The van der Waals surface area contributed by atoms with Crippen LogP contribution in [0.4, 0.5) is 5.69 Å². The van der Waals surface area contributed by atoms with Gasteiger partial charge in [-0.1, -0.05) is 30.0 Å². The molecule has 0 saturated heterocycles. The van der Waals surface area contributed by atoms with E-state index in [4.69, 9.17) is 9.15 Å². The molecule has 0 spiro atoms. The Morgan fingerprint density at radius 2 is 1.84 bits per heavy atom. The van der Waals surface area contributed by atoms with E-state index in [0.29, 0.717) is 16.8 Å². The summed E-state index contributed by atoms with van der Waals surface area (Å²) in [7, 11) is 1.60. The maximum absolute atomic E-state index is 12.3. The van der Waals surface area contributed by atoms with Gasteiger partial charge in [0.25, 0.3) is 5.22 Å². The zero-order chi connectivity index (χ0) is 17.6. The summed E-state index contributed by atoms with van der Waals surface area (Å²) in [5.74, 6) is 1.03. The van der Waals surface area contributed by atoms with Gasteiger partial charge in [-0.2, -0.15) is 0 Å². The van der Waals surface area contributed by atoms with Gasteiger partial charge >= 0.3 is 0 Å². The SMILES string of the molecule is COc1ccc(NC(=O)[C@@H](C)Sc2nnc(-c3ccccc3)o2)cc1. The van der Waals surface area contributed by atoms with Crippen molar-refractivity contribution in [2.75, 3.05) is 12.4 Å². The van der Waals surface area contributed by atoms with E-state index in [9.17, 15) is 4.79 Å². The lowest BCUT2D eigenvalue weighted by atomic mass is 10.2. The third kappa shape index (κ3) is 4.39. The summed E-state index contributed by atoms with van der Waals surface area (Å²) in [4.78, 5) is 12.3. The number of thioether (sulfide) groups is 1. The van der Waals surface area contributed by atoms with Gasteiger partial charge in [0.15, 0.2) is 0 Å². The molecule has 3 aromatic rings. The number of nitrogens with zero attached hydrogens (tertiary/aromatic N) is 2. The largest absolute Gasteiger partial charge is 0.497 e. The van der Waals surface area contributed by atoms with Gasteiger partial charge < -0.3 is 14.5 Å². The zero-order valence-electron chi connectivity index (χ0n) is 13.8. The van der Waals surface area contributed by atoms with Crippen molar-refractivity contribution in [3.8, 4) is 17.2 Å². The number of carbonyl (C=O) groups is 1. The number of carbonyl (C=O) groups excluding carboxylic acids is 1. The summed E-state index contributed by atoms with van der Waals surface area (Å²) >= 11 is 1.22. The van der Waals surface area contributed by atoms with Crippen molar-refractivity contribution in [2.45, 2.75) is 17.4 Å². The molecule has 1 heterocycles. The van der Waals surface area contributed by atoms with Crippen LogP contribution in [0.25, 0.3) is 11.5 Å². The van der Waals surface area contributed by atoms with E-state index in [1.807, 2.05) is 30.3 Å². The van der Waals surface area contributed by atoms with Crippen molar-refractivity contribution in [3.05, 3.63) is 54.6 Å². The summed E-state index contributed by atoms with van der Waals surface area (Å²) in [5.41, 5.74) is 1.55. The number of rotatable bonds is 6. The van der Waals surface area contributed by atoms with Crippen LogP contribution >= 0.6 is 11.8 Å². The first kappa shape index (κ1) is 17.0. The summed E-state index contributed by atoms with van der Waals surface area (Å²) in [6, 6.07) is 16.6. The fourth-order valence-electron chi connectivity index (χ4n) is 2.08. The van der Waals surface area contributed by atoms with Crippen LogP contribution in [0.1, 0.15) is 6.92 Å². The Kier molecular flexibility index (Phi) is 5.35. The lowest BCUT2D eigenvalue weighted by Crippen LogP contribution is -2.22. The lowest BCUT2D eigenvalue weighted by molar-refractivity contribution is -0.115. The number of amides is 1. The molecule has 0 saturated carbocycles. The highest BCUT2D eigenvalue weighted by molar-refractivity contribution is 8.00. The summed E-state index contributed by atoms with van der Waals surface area (Å²) < 4.78 is 10.7. The van der Waals surface area contributed by atoms with E-state index in [1.165, 1.54) is 11.8 Å². The molecule has 1 atom stereocenters. The standard InChI is InChI=1S/C18H17N3O3S/c1-12(16(22)19-14-8-10-15(23-2)11-9-14)25-18-21-20-17(24-18)13-6-4-3-5-7-13/h3-12H,1-2H3,(H,19,22)/t12-/m1/s1. The number of nitrogens with one attached hydrogen (secondary N) is 1. The summed E-state index contributed by atoms with van der Waals surface area (Å²) in [6.07, 6.45) is 0. The van der Waals surface area contributed by atoms with E-state index < -0.39 is 0 Å². The molecule has 7 heteroatoms. The Labute approximate surface area is 149 Å². The van der Waals surface area contributed by atoms with Crippen LogP contribution in [0.3, 0.4) is 0 Å². The number of hydrogen-bond acceptors (Lipinski definition) is 6. The highest BCUT2D eigenvalue weighted by atomic mass is 32.2. The molecular formula is C18H17N3O3S. The van der Waals surface area contributed by atoms with Crippen molar-refractivity contribution in [3.63, 3.8) is 0 Å². The molecule has 128 valence electrons. The summed E-state index contributed by atoms with van der Waals surface area (Å²) in [5, 5.41) is 10.8. The predicted molar refractivity (Wildman–Crippen MR) is 96.7 cm³/mol. The molecule has 1 N–H and O–H groups in total. The zero-order valence-corrected chi connectivity index (χ0v) is 14.6. The number of benzene rings is 2. The number of ether oxygens (including phenoxy) is 1. The van der Waals surface area contributed by atoms with Gasteiger partial charge in [-0.05, 0) is 43.3 Å². The fraction of sp³-hybridized carbons (Fsp3) is 0.167. The minimum atomic E-state index is -0.383. The first-order valence-corrected chi connectivity index (χ1v) is 8.54. The number of anilines is 1. The smallest absolute Gasteiger partial charge is 0.277 e. The van der Waals surface area contributed by atoms with E-state index in [1.54, 1.807) is 38.3 Å². The van der Waals surface area contributed by atoms with E-state index >= 15 is 0 Å². The topological polar surface area (TPSA) is 77.2 Å². The molecule has 6 nitrogen and oxygen atoms in total. The normalized spacial score (nSPS) is 11.8. The first-order valence-electron chi connectivity index (χ1n) is 7.66. The van der Waals surface area contributed by atoms with Crippen LogP contribution in [0.2, 0.25) is 0 Å². The molecule has 2 aromatic carbocycles. The van der Waals surface area contributed by atoms with Gasteiger partial charge in [0.2, 0.25) is 11.8 Å². The third-order valence-electron chi connectivity index (χ3n) is 3.43. The fourth-order valence-corrected chi connectivity index (χ4v) is 2.76. The van der Waals surface area contributed by atoms with Crippen molar-refractivity contribution in [1.82, 2.24) is 10.2 Å². The van der Waals surface area contributed by atoms with Gasteiger partial charge in [-0.3, -0.25) is 4.79 Å². The maximum atomic E-state index is 12.3. The second kappa shape index (κ2) is 7.85. The quantitative estimate of drug-likeness (QED) is 0.677. The second-order valence-corrected chi connectivity index (χ2v) is 6.51. The lowest BCUT2D eigenvalue weighted by Gasteiger charge is -2.10. The second-order valence-electron chi connectivity index (χ2n) is 5.22. The Hall–Kier alpha value is -2.80. The molecule has 0 aliphatic rings. The third-order valence-corrected chi connectivity index (χ3v) is 4.37. The molecule has 0 unspecified atom stereocenters. The Morgan fingerprint density at radius 1 is 1.12 bits per heavy atom. The van der Waals surface area contributed by atoms with E-state index in [-0.39, 0.29) is 11.2 Å². The highest BCUT2D eigenvalue weighted by Gasteiger charge is 2.19. The van der Waals surface area contributed by atoms with Gasteiger partial charge in [-0.15, -0.1) is 10.2 Å². The maximum Gasteiger partial charge on any atom is 0.277 e. The van der Waals surface area contributed by atoms with Crippen LogP contribution in [0.5, 0.6) is 5.75 Å².